The lowest BCUT2D eigenvalue weighted by atomic mass is 10.1. The number of aryl methyl sites for hydroxylation is 1. The minimum absolute atomic E-state index is 0.0977. The Morgan fingerprint density at radius 1 is 1.19 bits per heavy atom. The summed E-state index contributed by atoms with van der Waals surface area (Å²) in [5, 5.41) is 0.527. The number of halogens is 4. The molecule has 0 saturated heterocycles. The van der Waals surface area contributed by atoms with Gasteiger partial charge >= 0.3 is 12.3 Å². The van der Waals surface area contributed by atoms with Crippen molar-refractivity contribution in [2.75, 3.05) is 7.11 Å². The SMILES string of the molecule is COC(=O)c1cccc(Cn2ccc3cc(OC(F)(F)F)cc(C)c32)c1F. The van der Waals surface area contributed by atoms with Gasteiger partial charge in [-0.25, -0.2) is 9.18 Å². The van der Waals surface area contributed by atoms with Crippen LogP contribution in [0, 0.1) is 12.7 Å². The predicted molar refractivity (Wildman–Crippen MR) is 90.2 cm³/mol. The van der Waals surface area contributed by atoms with E-state index < -0.39 is 18.1 Å². The molecule has 0 aliphatic rings. The number of hydrogen-bond acceptors (Lipinski definition) is 3. The first kappa shape index (κ1) is 18.8. The highest BCUT2D eigenvalue weighted by Gasteiger charge is 2.31. The second kappa shape index (κ2) is 6.94. The molecule has 4 nitrogen and oxygen atoms in total. The lowest BCUT2D eigenvalue weighted by Crippen LogP contribution is -2.17. The Hall–Kier alpha value is -3.03. The average molecular weight is 381 g/mol. The van der Waals surface area contributed by atoms with Gasteiger partial charge in [-0.3, -0.25) is 0 Å². The average Bonchev–Trinajstić information content (AvgIpc) is 2.97. The number of nitrogens with zero attached hydrogens (tertiary/aromatic N) is 1. The van der Waals surface area contributed by atoms with Crippen LogP contribution in [-0.4, -0.2) is 24.0 Å². The van der Waals surface area contributed by atoms with Crippen LogP contribution in [-0.2, 0) is 11.3 Å². The van der Waals surface area contributed by atoms with Crippen LogP contribution < -0.4 is 4.74 Å². The number of hydrogen-bond donors (Lipinski definition) is 0. The molecule has 0 unspecified atom stereocenters. The molecule has 0 N–H and O–H groups in total. The van der Waals surface area contributed by atoms with Crippen LogP contribution >= 0.6 is 0 Å². The number of benzene rings is 2. The molecule has 0 radical (unpaired) electrons. The lowest BCUT2D eigenvalue weighted by molar-refractivity contribution is -0.274. The largest absolute Gasteiger partial charge is 0.573 e. The maximum Gasteiger partial charge on any atom is 0.573 e. The van der Waals surface area contributed by atoms with Gasteiger partial charge in [0.25, 0.3) is 0 Å². The molecule has 1 aromatic heterocycles. The maximum absolute atomic E-state index is 14.6. The molecule has 0 atom stereocenters. The highest BCUT2D eigenvalue weighted by atomic mass is 19.4. The van der Waals surface area contributed by atoms with Crippen molar-refractivity contribution in [2.24, 2.45) is 0 Å². The van der Waals surface area contributed by atoms with Gasteiger partial charge in [0.1, 0.15) is 11.6 Å². The number of ether oxygens (including phenoxy) is 2. The molecular formula is C19H15F4NO3. The third-order valence-electron chi connectivity index (χ3n) is 4.08. The minimum Gasteiger partial charge on any atom is -0.465 e. The molecule has 0 aliphatic heterocycles. The van der Waals surface area contributed by atoms with Crippen molar-refractivity contribution in [1.29, 1.82) is 0 Å². The van der Waals surface area contributed by atoms with E-state index in [1.54, 1.807) is 29.8 Å². The van der Waals surface area contributed by atoms with Gasteiger partial charge in [-0.2, -0.15) is 0 Å². The van der Waals surface area contributed by atoms with Gasteiger partial charge < -0.3 is 14.0 Å². The first-order chi connectivity index (χ1) is 12.7. The number of methoxy groups -OCH3 is 1. The molecule has 0 amide bonds. The van der Waals surface area contributed by atoms with E-state index in [1.165, 1.54) is 24.3 Å². The highest BCUT2D eigenvalue weighted by molar-refractivity contribution is 5.90. The quantitative estimate of drug-likeness (QED) is 0.480. The van der Waals surface area contributed by atoms with E-state index in [1.807, 2.05) is 0 Å². The van der Waals surface area contributed by atoms with Crippen molar-refractivity contribution in [2.45, 2.75) is 19.8 Å². The van der Waals surface area contributed by atoms with Crippen molar-refractivity contribution in [1.82, 2.24) is 4.57 Å². The molecule has 27 heavy (non-hydrogen) atoms. The van der Waals surface area contributed by atoms with Crippen LogP contribution in [0.15, 0.2) is 42.6 Å². The summed E-state index contributed by atoms with van der Waals surface area (Å²) in [6, 6.07) is 8.56. The summed E-state index contributed by atoms with van der Waals surface area (Å²) in [5.74, 6) is -1.79. The van der Waals surface area contributed by atoms with Gasteiger partial charge in [-0.15, -0.1) is 13.2 Å². The summed E-state index contributed by atoms with van der Waals surface area (Å²) >= 11 is 0. The number of esters is 1. The third kappa shape index (κ3) is 3.89. The zero-order chi connectivity index (χ0) is 19.8. The van der Waals surface area contributed by atoms with Crippen LogP contribution in [0.4, 0.5) is 17.6 Å². The Balaban J connectivity index is 1.99. The summed E-state index contributed by atoms with van der Waals surface area (Å²) in [6.45, 7) is 1.74. The monoisotopic (exact) mass is 381 g/mol. The molecule has 0 spiro atoms. The van der Waals surface area contributed by atoms with E-state index in [2.05, 4.69) is 9.47 Å². The van der Waals surface area contributed by atoms with Crippen LogP contribution in [0.25, 0.3) is 10.9 Å². The summed E-state index contributed by atoms with van der Waals surface area (Å²) in [6.07, 6.45) is -3.14. The molecule has 0 fully saturated rings. The fourth-order valence-corrected chi connectivity index (χ4v) is 3.01. The van der Waals surface area contributed by atoms with Crippen molar-refractivity contribution in [3.8, 4) is 5.75 Å². The predicted octanol–water partition coefficient (Wildman–Crippen LogP) is 4.82. The number of aromatic nitrogens is 1. The van der Waals surface area contributed by atoms with Gasteiger partial charge in [0.15, 0.2) is 0 Å². The van der Waals surface area contributed by atoms with Gasteiger partial charge in [-0.05, 0) is 36.8 Å². The van der Waals surface area contributed by atoms with Crippen molar-refractivity contribution in [3.63, 3.8) is 0 Å². The molecule has 0 aliphatic carbocycles. The Morgan fingerprint density at radius 2 is 1.93 bits per heavy atom. The summed E-state index contributed by atoms with van der Waals surface area (Å²) in [5.41, 5.74) is 1.27. The van der Waals surface area contributed by atoms with Crippen LogP contribution in [0.1, 0.15) is 21.5 Å². The molecule has 0 bridgehead atoms. The van der Waals surface area contributed by atoms with E-state index in [0.29, 0.717) is 16.5 Å². The Kier molecular flexibility index (Phi) is 4.82. The number of fused-ring (bicyclic) bond motifs is 1. The Bertz CT molecular complexity index is 1010. The molecule has 0 saturated carbocycles. The fourth-order valence-electron chi connectivity index (χ4n) is 3.01. The van der Waals surface area contributed by atoms with Crippen molar-refractivity contribution < 1.29 is 31.8 Å². The smallest absolute Gasteiger partial charge is 0.465 e. The van der Waals surface area contributed by atoms with Crippen LogP contribution in [0.5, 0.6) is 5.75 Å². The second-order valence-electron chi connectivity index (χ2n) is 5.94. The maximum atomic E-state index is 14.6. The van der Waals surface area contributed by atoms with Crippen molar-refractivity contribution in [3.05, 3.63) is 65.1 Å². The van der Waals surface area contributed by atoms with E-state index in [4.69, 9.17) is 0 Å². The third-order valence-corrected chi connectivity index (χ3v) is 4.08. The van der Waals surface area contributed by atoms with Gasteiger partial charge in [0.05, 0.1) is 24.7 Å². The Labute approximate surface area is 151 Å². The zero-order valence-electron chi connectivity index (χ0n) is 14.4. The molecule has 3 aromatic rings. The Morgan fingerprint density at radius 3 is 2.59 bits per heavy atom. The summed E-state index contributed by atoms with van der Waals surface area (Å²) in [7, 11) is 1.16. The minimum atomic E-state index is -4.78. The van der Waals surface area contributed by atoms with E-state index in [-0.39, 0.29) is 23.4 Å². The van der Waals surface area contributed by atoms with Crippen LogP contribution in [0.3, 0.4) is 0 Å². The van der Waals surface area contributed by atoms with E-state index in [9.17, 15) is 22.4 Å². The molecular weight excluding hydrogens is 366 g/mol. The number of alkyl halides is 3. The van der Waals surface area contributed by atoms with Gasteiger partial charge in [0.2, 0.25) is 0 Å². The molecule has 1 heterocycles. The number of carbonyl (C=O) groups is 1. The summed E-state index contributed by atoms with van der Waals surface area (Å²) in [4.78, 5) is 11.6. The zero-order valence-corrected chi connectivity index (χ0v) is 14.4. The normalized spacial score (nSPS) is 11.6. The van der Waals surface area contributed by atoms with Crippen LogP contribution in [0.2, 0.25) is 0 Å². The highest BCUT2D eigenvalue weighted by Crippen LogP contribution is 2.30. The first-order valence-electron chi connectivity index (χ1n) is 7.90. The topological polar surface area (TPSA) is 40.5 Å². The lowest BCUT2D eigenvalue weighted by Gasteiger charge is -2.13. The van der Waals surface area contributed by atoms with Gasteiger partial charge in [0, 0.05) is 17.1 Å². The molecule has 2 aromatic carbocycles. The number of carbonyl (C=O) groups excluding carboxylic acids is 1. The standard InChI is InChI=1S/C19H15F4NO3/c1-11-8-14(27-19(21,22)23)9-12-6-7-24(17(11)12)10-13-4-3-5-15(16(13)20)18(25)26-2/h3-9H,10H2,1-2H3. The summed E-state index contributed by atoms with van der Waals surface area (Å²) < 4.78 is 62.1. The molecule has 8 heteroatoms. The van der Waals surface area contributed by atoms with Gasteiger partial charge in [-0.1, -0.05) is 12.1 Å². The van der Waals surface area contributed by atoms with E-state index in [0.717, 1.165) is 7.11 Å². The molecule has 142 valence electrons. The molecule has 3 rings (SSSR count). The van der Waals surface area contributed by atoms with E-state index >= 15 is 0 Å². The first-order valence-corrected chi connectivity index (χ1v) is 7.90. The second-order valence-corrected chi connectivity index (χ2v) is 5.94. The van der Waals surface area contributed by atoms with Crippen molar-refractivity contribution >= 4 is 16.9 Å². The fraction of sp³-hybridized carbons (Fsp3) is 0.211. The number of rotatable bonds is 4.